The lowest BCUT2D eigenvalue weighted by molar-refractivity contribution is -0.384. The molecule has 0 saturated heterocycles. The van der Waals surface area contributed by atoms with E-state index >= 15 is 0 Å². The zero-order chi connectivity index (χ0) is 10.8. The summed E-state index contributed by atoms with van der Waals surface area (Å²) in [5, 5.41) is 10.6. The SMILES string of the molecule is Cc1ccc(-c2cccc([N+](=O)[O-])c2)s1. The van der Waals surface area contributed by atoms with E-state index in [1.807, 2.05) is 25.1 Å². The summed E-state index contributed by atoms with van der Waals surface area (Å²) in [6.45, 7) is 2.02. The van der Waals surface area contributed by atoms with Gasteiger partial charge in [0.25, 0.3) is 5.69 Å². The van der Waals surface area contributed by atoms with E-state index in [2.05, 4.69) is 0 Å². The van der Waals surface area contributed by atoms with Crippen LogP contribution in [0.3, 0.4) is 0 Å². The summed E-state index contributed by atoms with van der Waals surface area (Å²) in [5.74, 6) is 0. The van der Waals surface area contributed by atoms with Gasteiger partial charge in [0.15, 0.2) is 0 Å². The fourth-order valence-corrected chi connectivity index (χ4v) is 2.23. The predicted molar refractivity (Wildman–Crippen MR) is 61.1 cm³/mol. The molecule has 0 bridgehead atoms. The van der Waals surface area contributed by atoms with E-state index in [1.54, 1.807) is 23.5 Å². The number of benzene rings is 1. The maximum atomic E-state index is 10.6. The molecule has 4 heteroatoms. The van der Waals surface area contributed by atoms with Gasteiger partial charge in [-0.25, -0.2) is 0 Å². The fourth-order valence-electron chi connectivity index (χ4n) is 1.36. The Balaban J connectivity index is 2.45. The minimum absolute atomic E-state index is 0.138. The van der Waals surface area contributed by atoms with Crippen molar-refractivity contribution in [3.05, 3.63) is 51.4 Å². The van der Waals surface area contributed by atoms with Crippen LogP contribution in [-0.2, 0) is 0 Å². The Hall–Kier alpha value is -1.68. The van der Waals surface area contributed by atoms with Crippen LogP contribution < -0.4 is 0 Å². The maximum absolute atomic E-state index is 10.6. The molecule has 0 saturated carbocycles. The van der Waals surface area contributed by atoms with Crippen molar-refractivity contribution >= 4 is 17.0 Å². The van der Waals surface area contributed by atoms with Crippen molar-refractivity contribution in [2.45, 2.75) is 6.92 Å². The quantitative estimate of drug-likeness (QED) is 0.571. The molecule has 3 nitrogen and oxygen atoms in total. The van der Waals surface area contributed by atoms with E-state index < -0.39 is 0 Å². The van der Waals surface area contributed by atoms with Gasteiger partial charge < -0.3 is 0 Å². The summed E-state index contributed by atoms with van der Waals surface area (Å²) in [7, 11) is 0. The Morgan fingerprint density at radius 3 is 2.67 bits per heavy atom. The molecule has 1 heterocycles. The molecule has 0 fully saturated rings. The number of non-ortho nitro benzene ring substituents is 1. The van der Waals surface area contributed by atoms with Gasteiger partial charge in [0, 0.05) is 21.9 Å². The summed E-state index contributed by atoms with van der Waals surface area (Å²) in [4.78, 5) is 12.5. The van der Waals surface area contributed by atoms with Gasteiger partial charge in [0.2, 0.25) is 0 Å². The predicted octanol–water partition coefficient (Wildman–Crippen LogP) is 3.63. The number of nitro benzene ring substituents is 1. The zero-order valence-electron chi connectivity index (χ0n) is 8.14. The molecule has 0 spiro atoms. The minimum Gasteiger partial charge on any atom is -0.258 e. The number of nitro groups is 1. The number of hydrogen-bond acceptors (Lipinski definition) is 3. The van der Waals surface area contributed by atoms with Crippen LogP contribution in [0.1, 0.15) is 4.88 Å². The first kappa shape index (κ1) is 9.86. The number of thiophene rings is 1. The van der Waals surface area contributed by atoms with E-state index in [0.717, 1.165) is 10.4 Å². The molecule has 0 atom stereocenters. The number of aryl methyl sites for hydroxylation is 1. The van der Waals surface area contributed by atoms with Crippen molar-refractivity contribution in [3.63, 3.8) is 0 Å². The highest BCUT2D eigenvalue weighted by Crippen LogP contribution is 2.29. The van der Waals surface area contributed by atoms with Gasteiger partial charge in [-0.3, -0.25) is 10.1 Å². The van der Waals surface area contributed by atoms with E-state index in [1.165, 1.54) is 10.9 Å². The van der Waals surface area contributed by atoms with Crippen LogP contribution in [0.4, 0.5) is 5.69 Å². The summed E-state index contributed by atoms with van der Waals surface area (Å²) in [6, 6.07) is 10.7. The van der Waals surface area contributed by atoms with Crippen LogP contribution in [0, 0.1) is 17.0 Å². The number of rotatable bonds is 2. The highest BCUT2D eigenvalue weighted by Gasteiger charge is 2.07. The van der Waals surface area contributed by atoms with E-state index in [4.69, 9.17) is 0 Å². The van der Waals surface area contributed by atoms with Gasteiger partial charge in [-0.05, 0) is 24.6 Å². The third kappa shape index (κ3) is 2.05. The lowest BCUT2D eigenvalue weighted by Crippen LogP contribution is -1.87. The van der Waals surface area contributed by atoms with Gasteiger partial charge in [-0.15, -0.1) is 11.3 Å². The second-order valence-electron chi connectivity index (χ2n) is 3.22. The molecule has 2 aromatic rings. The topological polar surface area (TPSA) is 43.1 Å². The third-order valence-corrected chi connectivity index (χ3v) is 3.13. The Morgan fingerprint density at radius 2 is 2.07 bits per heavy atom. The van der Waals surface area contributed by atoms with Gasteiger partial charge in [0.05, 0.1) is 4.92 Å². The largest absolute Gasteiger partial charge is 0.270 e. The Morgan fingerprint density at radius 1 is 1.27 bits per heavy atom. The van der Waals surface area contributed by atoms with Crippen LogP contribution >= 0.6 is 11.3 Å². The zero-order valence-corrected chi connectivity index (χ0v) is 8.95. The van der Waals surface area contributed by atoms with Crippen molar-refractivity contribution in [3.8, 4) is 10.4 Å². The molecule has 0 amide bonds. The van der Waals surface area contributed by atoms with Crippen LogP contribution in [0.15, 0.2) is 36.4 Å². The minimum atomic E-state index is -0.371. The van der Waals surface area contributed by atoms with E-state index in [9.17, 15) is 10.1 Å². The average molecular weight is 219 g/mol. The average Bonchev–Trinajstić information content (AvgIpc) is 2.65. The van der Waals surface area contributed by atoms with Crippen LogP contribution in [0.2, 0.25) is 0 Å². The summed E-state index contributed by atoms with van der Waals surface area (Å²) < 4.78 is 0. The van der Waals surface area contributed by atoms with Crippen LogP contribution in [0.5, 0.6) is 0 Å². The second-order valence-corrected chi connectivity index (χ2v) is 4.51. The van der Waals surface area contributed by atoms with Crippen LogP contribution in [0.25, 0.3) is 10.4 Å². The first-order valence-corrected chi connectivity index (χ1v) is 5.30. The van der Waals surface area contributed by atoms with Crippen molar-refractivity contribution in [2.24, 2.45) is 0 Å². The van der Waals surface area contributed by atoms with E-state index in [-0.39, 0.29) is 10.6 Å². The molecule has 0 aliphatic carbocycles. The van der Waals surface area contributed by atoms with E-state index in [0.29, 0.717) is 0 Å². The summed E-state index contributed by atoms with van der Waals surface area (Å²) >= 11 is 1.64. The summed E-state index contributed by atoms with van der Waals surface area (Å²) in [6.07, 6.45) is 0. The molecular formula is C11H9NO2S. The lowest BCUT2D eigenvalue weighted by atomic mass is 10.2. The number of hydrogen-bond donors (Lipinski definition) is 0. The number of nitrogens with zero attached hydrogens (tertiary/aromatic N) is 1. The molecule has 0 aliphatic rings. The Kier molecular flexibility index (Phi) is 2.51. The third-order valence-electron chi connectivity index (χ3n) is 2.08. The van der Waals surface area contributed by atoms with Crippen LogP contribution in [-0.4, -0.2) is 4.92 Å². The molecule has 0 unspecified atom stereocenters. The molecule has 76 valence electrons. The van der Waals surface area contributed by atoms with Gasteiger partial charge in [0.1, 0.15) is 0 Å². The maximum Gasteiger partial charge on any atom is 0.270 e. The molecule has 0 radical (unpaired) electrons. The molecule has 0 N–H and O–H groups in total. The smallest absolute Gasteiger partial charge is 0.258 e. The standard InChI is InChI=1S/C11H9NO2S/c1-8-5-6-11(15-8)9-3-2-4-10(7-9)12(13)14/h2-7H,1H3. The normalized spacial score (nSPS) is 10.2. The van der Waals surface area contributed by atoms with Crippen molar-refractivity contribution in [1.29, 1.82) is 0 Å². The first-order chi connectivity index (χ1) is 7.16. The Labute approximate surface area is 91.1 Å². The highest BCUT2D eigenvalue weighted by molar-refractivity contribution is 7.15. The molecule has 1 aromatic heterocycles. The fraction of sp³-hybridized carbons (Fsp3) is 0.0909. The molecule has 2 rings (SSSR count). The highest BCUT2D eigenvalue weighted by atomic mass is 32.1. The first-order valence-electron chi connectivity index (χ1n) is 4.48. The lowest BCUT2D eigenvalue weighted by Gasteiger charge is -1.96. The van der Waals surface area contributed by atoms with Crippen molar-refractivity contribution < 1.29 is 4.92 Å². The van der Waals surface area contributed by atoms with Gasteiger partial charge >= 0.3 is 0 Å². The molecule has 0 aliphatic heterocycles. The van der Waals surface area contributed by atoms with Crippen molar-refractivity contribution in [2.75, 3.05) is 0 Å². The van der Waals surface area contributed by atoms with Crippen molar-refractivity contribution in [1.82, 2.24) is 0 Å². The Bertz CT molecular complexity index is 505. The van der Waals surface area contributed by atoms with Gasteiger partial charge in [-0.1, -0.05) is 12.1 Å². The van der Waals surface area contributed by atoms with Gasteiger partial charge in [-0.2, -0.15) is 0 Å². The molecule has 15 heavy (non-hydrogen) atoms. The monoisotopic (exact) mass is 219 g/mol. The molecular weight excluding hydrogens is 210 g/mol. The molecule has 1 aromatic carbocycles. The second kappa shape index (κ2) is 3.82. The summed E-state index contributed by atoms with van der Waals surface area (Å²) in [5.41, 5.74) is 1.04.